The Bertz CT molecular complexity index is 876. The predicted molar refractivity (Wildman–Crippen MR) is 99.8 cm³/mol. The molecule has 4 nitrogen and oxygen atoms in total. The Labute approximate surface area is 155 Å². The molecular formula is C19H17ClN2O2S. The highest BCUT2D eigenvalue weighted by Crippen LogP contribution is 2.33. The van der Waals surface area contributed by atoms with Crippen molar-refractivity contribution in [2.24, 2.45) is 0 Å². The summed E-state index contributed by atoms with van der Waals surface area (Å²) < 4.78 is 6.94. The lowest BCUT2D eigenvalue weighted by atomic mass is 10.3. The zero-order valence-corrected chi connectivity index (χ0v) is 15.5. The van der Waals surface area contributed by atoms with Gasteiger partial charge >= 0.3 is 0 Å². The number of benzene rings is 2. The van der Waals surface area contributed by atoms with Crippen LogP contribution >= 0.6 is 23.4 Å². The third-order valence-corrected chi connectivity index (χ3v) is 5.16. The quantitative estimate of drug-likeness (QED) is 0.630. The van der Waals surface area contributed by atoms with Crippen molar-refractivity contribution in [3.05, 3.63) is 71.0 Å². The molecule has 3 aromatic rings. The first-order valence-electron chi connectivity index (χ1n) is 7.75. The van der Waals surface area contributed by atoms with Crippen molar-refractivity contribution in [1.82, 2.24) is 9.78 Å². The normalized spacial score (nSPS) is 10.7. The van der Waals surface area contributed by atoms with Gasteiger partial charge in [0, 0.05) is 9.92 Å². The minimum absolute atomic E-state index is 0.0585. The van der Waals surface area contributed by atoms with Gasteiger partial charge in [0.2, 0.25) is 0 Å². The van der Waals surface area contributed by atoms with E-state index in [9.17, 15) is 4.79 Å². The summed E-state index contributed by atoms with van der Waals surface area (Å²) in [5.41, 5.74) is 1.62. The van der Waals surface area contributed by atoms with E-state index in [1.165, 1.54) is 4.68 Å². The Morgan fingerprint density at radius 3 is 2.48 bits per heavy atom. The maximum atomic E-state index is 12.5. The molecule has 0 radical (unpaired) electrons. The average Bonchev–Trinajstić information content (AvgIpc) is 2.90. The van der Waals surface area contributed by atoms with Gasteiger partial charge in [-0.3, -0.25) is 4.79 Å². The van der Waals surface area contributed by atoms with Gasteiger partial charge in [-0.1, -0.05) is 41.6 Å². The van der Waals surface area contributed by atoms with Gasteiger partial charge in [0.25, 0.3) is 5.91 Å². The van der Waals surface area contributed by atoms with Crippen LogP contribution in [-0.2, 0) is 0 Å². The molecule has 25 heavy (non-hydrogen) atoms. The van der Waals surface area contributed by atoms with E-state index in [1.807, 2.05) is 68.4 Å². The largest absolute Gasteiger partial charge is 0.484 e. The molecule has 0 fully saturated rings. The molecule has 0 unspecified atom stereocenters. The minimum atomic E-state index is -0.201. The summed E-state index contributed by atoms with van der Waals surface area (Å²) in [6.07, 6.45) is 0. The number of hydrogen-bond donors (Lipinski definition) is 0. The maximum Gasteiger partial charge on any atom is 0.285 e. The molecule has 0 saturated heterocycles. The standard InChI is InChI=1S/C19H17ClN2O2S/c1-13-19(25-17-10-8-15(20)9-11-17)14(2)22(21-13)18(23)12-24-16-6-4-3-5-7-16/h3-11H,12H2,1-2H3. The Balaban J connectivity index is 1.74. The maximum absolute atomic E-state index is 12.5. The third kappa shape index (κ3) is 4.24. The molecule has 1 aromatic heterocycles. The van der Waals surface area contributed by atoms with Crippen LogP contribution in [0.2, 0.25) is 5.02 Å². The molecular weight excluding hydrogens is 356 g/mol. The van der Waals surface area contributed by atoms with Crippen LogP contribution < -0.4 is 4.74 Å². The number of ether oxygens (including phenoxy) is 1. The number of rotatable bonds is 5. The SMILES string of the molecule is Cc1nn(C(=O)COc2ccccc2)c(C)c1Sc1ccc(Cl)cc1. The van der Waals surface area contributed by atoms with Crippen molar-refractivity contribution in [3.63, 3.8) is 0 Å². The molecule has 0 aliphatic carbocycles. The van der Waals surface area contributed by atoms with Gasteiger partial charge in [0.1, 0.15) is 5.75 Å². The molecule has 0 bridgehead atoms. The zero-order chi connectivity index (χ0) is 17.8. The number of para-hydroxylation sites is 1. The number of hydrogen-bond acceptors (Lipinski definition) is 4. The molecule has 0 aliphatic rings. The summed E-state index contributed by atoms with van der Waals surface area (Å²) in [6.45, 7) is 3.72. The van der Waals surface area contributed by atoms with Crippen molar-refractivity contribution in [2.45, 2.75) is 23.6 Å². The zero-order valence-electron chi connectivity index (χ0n) is 13.9. The molecule has 0 atom stereocenters. The lowest BCUT2D eigenvalue weighted by Gasteiger charge is -2.07. The van der Waals surface area contributed by atoms with E-state index in [-0.39, 0.29) is 12.5 Å². The lowest BCUT2D eigenvalue weighted by Crippen LogP contribution is -2.21. The molecule has 0 aliphatic heterocycles. The molecule has 128 valence electrons. The highest BCUT2D eigenvalue weighted by molar-refractivity contribution is 7.99. The van der Waals surface area contributed by atoms with Gasteiger partial charge in [-0.25, -0.2) is 4.68 Å². The number of carbonyl (C=O) groups is 1. The fourth-order valence-corrected chi connectivity index (χ4v) is 3.42. The predicted octanol–water partition coefficient (Wildman–Crippen LogP) is 5.02. The summed E-state index contributed by atoms with van der Waals surface area (Å²) in [6, 6.07) is 16.8. The van der Waals surface area contributed by atoms with Gasteiger partial charge < -0.3 is 4.74 Å². The van der Waals surface area contributed by atoms with Crippen molar-refractivity contribution >= 4 is 29.3 Å². The van der Waals surface area contributed by atoms with E-state index < -0.39 is 0 Å². The second-order valence-corrected chi connectivity index (χ2v) is 6.98. The van der Waals surface area contributed by atoms with Crippen LogP contribution in [-0.4, -0.2) is 22.3 Å². The monoisotopic (exact) mass is 372 g/mol. The highest BCUT2D eigenvalue weighted by Gasteiger charge is 2.18. The van der Waals surface area contributed by atoms with Gasteiger partial charge in [-0.05, 0) is 50.2 Å². The molecule has 1 heterocycles. The first-order chi connectivity index (χ1) is 12.0. The lowest BCUT2D eigenvalue weighted by molar-refractivity contribution is 0.0818. The van der Waals surface area contributed by atoms with E-state index in [2.05, 4.69) is 5.10 Å². The summed E-state index contributed by atoms with van der Waals surface area (Å²) in [7, 11) is 0. The Morgan fingerprint density at radius 2 is 1.80 bits per heavy atom. The molecule has 0 amide bonds. The molecule has 0 saturated carbocycles. The number of halogens is 1. The van der Waals surface area contributed by atoms with Crippen molar-refractivity contribution < 1.29 is 9.53 Å². The van der Waals surface area contributed by atoms with E-state index in [4.69, 9.17) is 16.3 Å². The van der Waals surface area contributed by atoms with Crippen LogP contribution in [0.1, 0.15) is 16.2 Å². The second-order valence-electron chi connectivity index (χ2n) is 5.46. The Kier molecular flexibility index (Phi) is 5.46. The van der Waals surface area contributed by atoms with Crippen molar-refractivity contribution in [2.75, 3.05) is 6.61 Å². The van der Waals surface area contributed by atoms with Gasteiger partial charge in [0.15, 0.2) is 6.61 Å². The first kappa shape index (κ1) is 17.6. The van der Waals surface area contributed by atoms with Crippen molar-refractivity contribution in [3.8, 4) is 5.75 Å². The minimum Gasteiger partial charge on any atom is -0.484 e. The Morgan fingerprint density at radius 1 is 1.12 bits per heavy atom. The van der Waals surface area contributed by atoms with Crippen molar-refractivity contribution in [1.29, 1.82) is 0 Å². The van der Waals surface area contributed by atoms with E-state index in [1.54, 1.807) is 11.8 Å². The second kappa shape index (κ2) is 7.76. The third-order valence-electron chi connectivity index (χ3n) is 3.60. The van der Waals surface area contributed by atoms with Gasteiger partial charge in [0.05, 0.1) is 16.3 Å². The van der Waals surface area contributed by atoms with Crippen LogP contribution in [0, 0.1) is 13.8 Å². The highest BCUT2D eigenvalue weighted by atomic mass is 35.5. The van der Waals surface area contributed by atoms with Crippen LogP contribution in [0.4, 0.5) is 0 Å². The fraction of sp³-hybridized carbons (Fsp3) is 0.158. The fourth-order valence-electron chi connectivity index (χ4n) is 2.36. The smallest absolute Gasteiger partial charge is 0.285 e. The Hall–Kier alpha value is -2.24. The summed E-state index contributed by atoms with van der Waals surface area (Å²) in [5.74, 6) is 0.459. The molecule has 6 heteroatoms. The summed E-state index contributed by atoms with van der Waals surface area (Å²) in [4.78, 5) is 14.5. The number of aromatic nitrogens is 2. The van der Waals surface area contributed by atoms with E-state index >= 15 is 0 Å². The first-order valence-corrected chi connectivity index (χ1v) is 8.95. The number of aryl methyl sites for hydroxylation is 1. The van der Waals surface area contributed by atoms with Crippen LogP contribution in [0.15, 0.2) is 64.4 Å². The molecule has 3 rings (SSSR count). The summed E-state index contributed by atoms with van der Waals surface area (Å²) in [5, 5.41) is 5.07. The van der Waals surface area contributed by atoms with Gasteiger partial charge in [-0.15, -0.1) is 0 Å². The van der Waals surface area contributed by atoms with Crippen LogP contribution in [0.5, 0.6) is 5.75 Å². The van der Waals surface area contributed by atoms with E-state index in [0.29, 0.717) is 10.8 Å². The topological polar surface area (TPSA) is 44.1 Å². The molecule has 0 spiro atoms. The average molecular weight is 373 g/mol. The van der Waals surface area contributed by atoms with Gasteiger partial charge in [-0.2, -0.15) is 5.10 Å². The van der Waals surface area contributed by atoms with Crippen LogP contribution in [0.3, 0.4) is 0 Å². The molecule has 0 N–H and O–H groups in total. The van der Waals surface area contributed by atoms with Crippen LogP contribution in [0.25, 0.3) is 0 Å². The number of nitrogens with zero attached hydrogens (tertiary/aromatic N) is 2. The summed E-state index contributed by atoms with van der Waals surface area (Å²) >= 11 is 7.49. The van der Waals surface area contributed by atoms with E-state index in [0.717, 1.165) is 21.2 Å². The molecule has 2 aromatic carbocycles. The number of carbonyl (C=O) groups excluding carboxylic acids is 1.